The molecule has 1 aliphatic rings. The van der Waals surface area contributed by atoms with Crippen molar-refractivity contribution < 1.29 is 0 Å². The molecule has 3 heteroatoms. The largest absolute Gasteiger partial charge is 0.307 e. The second-order valence-electron chi connectivity index (χ2n) is 4.86. The molecule has 0 spiro atoms. The molecule has 1 N–H and O–H groups in total. The molecule has 0 aliphatic heterocycles. The molecule has 1 unspecified atom stereocenters. The van der Waals surface area contributed by atoms with E-state index in [1.54, 1.807) is 11.3 Å². The lowest BCUT2D eigenvalue weighted by atomic mass is 9.99. The zero-order chi connectivity index (χ0) is 11.5. The number of hydrogen-bond donors (Lipinski definition) is 1. The highest BCUT2D eigenvalue weighted by atomic mass is 35.5. The molecule has 0 saturated heterocycles. The van der Waals surface area contributed by atoms with Gasteiger partial charge in [0.1, 0.15) is 0 Å². The van der Waals surface area contributed by atoms with Gasteiger partial charge in [0.15, 0.2) is 0 Å². The summed E-state index contributed by atoms with van der Waals surface area (Å²) in [6.45, 7) is 4.55. The van der Waals surface area contributed by atoms with Gasteiger partial charge in [-0.2, -0.15) is 0 Å². The average molecular weight is 258 g/mol. The molecule has 1 saturated carbocycles. The fraction of sp³-hybridized carbons (Fsp3) is 0.692. The van der Waals surface area contributed by atoms with Gasteiger partial charge in [-0.25, -0.2) is 0 Å². The molecule has 0 radical (unpaired) electrons. The first-order valence-electron chi connectivity index (χ1n) is 6.18. The Hall–Kier alpha value is -0.0500. The van der Waals surface area contributed by atoms with Gasteiger partial charge in [-0.1, -0.05) is 24.4 Å². The molecule has 1 nitrogen and oxygen atoms in total. The Morgan fingerprint density at radius 2 is 2.00 bits per heavy atom. The number of halogens is 1. The van der Waals surface area contributed by atoms with Gasteiger partial charge in [-0.15, -0.1) is 11.3 Å². The molecule has 90 valence electrons. The van der Waals surface area contributed by atoms with Crippen LogP contribution < -0.4 is 5.32 Å². The number of nitrogens with one attached hydrogen (secondary N) is 1. The predicted octanol–water partition coefficient (Wildman–Crippen LogP) is 4.63. The normalized spacial score (nSPS) is 21.2. The van der Waals surface area contributed by atoms with Crippen molar-refractivity contribution in [3.63, 3.8) is 0 Å². The summed E-state index contributed by atoms with van der Waals surface area (Å²) in [5.74, 6) is 0.873. The lowest BCUT2D eigenvalue weighted by Gasteiger charge is -2.24. The highest BCUT2D eigenvalue weighted by Gasteiger charge is 2.23. The Balaban J connectivity index is 1.88. The van der Waals surface area contributed by atoms with Crippen LogP contribution in [-0.2, 0) is 0 Å². The van der Waals surface area contributed by atoms with Crippen LogP contribution in [0.4, 0.5) is 0 Å². The lowest BCUT2D eigenvalue weighted by Crippen LogP contribution is -2.33. The summed E-state index contributed by atoms with van der Waals surface area (Å²) in [6.07, 6.45) is 5.62. The van der Waals surface area contributed by atoms with E-state index in [1.165, 1.54) is 30.6 Å². The Morgan fingerprint density at radius 3 is 2.56 bits per heavy atom. The SMILES string of the molecule is CC(N[C@@H](C)C1CCCC1)c1ccc(Cl)s1. The van der Waals surface area contributed by atoms with E-state index >= 15 is 0 Å². The lowest BCUT2D eigenvalue weighted by molar-refractivity contribution is 0.354. The summed E-state index contributed by atoms with van der Waals surface area (Å²) in [7, 11) is 0. The van der Waals surface area contributed by atoms with Crippen LogP contribution >= 0.6 is 22.9 Å². The second-order valence-corrected chi connectivity index (χ2v) is 6.61. The Labute approximate surface area is 107 Å². The van der Waals surface area contributed by atoms with Crippen molar-refractivity contribution in [3.8, 4) is 0 Å². The van der Waals surface area contributed by atoms with Crippen LogP contribution in [0.3, 0.4) is 0 Å². The second kappa shape index (κ2) is 5.52. The van der Waals surface area contributed by atoms with Gasteiger partial charge < -0.3 is 5.32 Å². The van der Waals surface area contributed by atoms with Crippen molar-refractivity contribution in [2.75, 3.05) is 0 Å². The topological polar surface area (TPSA) is 12.0 Å². The maximum absolute atomic E-state index is 5.96. The zero-order valence-electron chi connectivity index (χ0n) is 10.0. The third-order valence-corrected chi connectivity index (χ3v) is 5.05. The summed E-state index contributed by atoms with van der Waals surface area (Å²) in [6, 6.07) is 5.16. The van der Waals surface area contributed by atoms with Gasteiger partial charge >= 0.3 is 0 Å². The molecule has 16 heavy (non-hydrogen) atoms. The van der Waals surface area contributed by atoms with Crippen molar-refractivity contribution in [2.24, 2.45) is 5.92 Å². The summed E-state index contributed by atoms with van der Waals surface area (Å²) in [5, 5.41) is 3.70. The van der Waals surface area contributed by atoms with E-state index < -0.39 is 0 Å². The summed E-state index contributed by atoms with van der Waals surface area (Å²) < 4.78 is 0.886. The number of thiophene rings is 1. The first-order chi connectivity index (χ1) is 7.66. The van der Waals surface area contributed by atoms with E-state index in [1.807, 2.05) is 6.07 Å². The summed E-state index contributed by atoms with van der Waals surface area (Å²) in [5.41, 5.74) is 0. The van der Waals surface area contributed by atoms with Crippen molar-refractivity contribution >= 4 is 22.9 Å². The van der Waals surface area contributed by atoms with Gasteiger partial charge in [-0.3, -0.25) is 0 Å². The molecule has 1 aromatic rings. The molecule has 1 aliphatic carbocycles. The molecule has 1 fully saturated rings. The molecule has 0 bridgehead atoms. The molecular formula is C13H20ClNS. The van der Waals surface area contributed by atoms with Crippen LogP contribution in [0.5, 0.6) is 0 Å². The standard InChI is InChI=1S/C13H20ClNS/c1-9(11-5-3-4-6-11)15-10(2)12-7-8-13(14)16-12/h7-11,15H,3-6H2,1-2H3/t9-,10?/m0/s1. The molecule has 1 heterocycles. The fourth-order valence-corrected chi connectivity index (χ4v) is 3.70. The minimum Gasteiger partial charge on any atom is -0.307 e. The molecule has 2 atom stereocenters. The molecular weight excluding hydrogens is 238 g/mol. The van der Waals surface area contributed by atoms with Crippen LogP contribution in [-0.4, -0.2) is 6.04 Å². The minimum atomic E-state index is 0.424. The highest BCUT2D eigenvalue weighted by Crippen LogP contribution is 2.31. The number of hydrogen-bond acceptors (Lipinski definition) is 2. The Bertz CT molecular complexity index is 330. The predicted molar refractivity (Wildman–Crippen MR) is 72.3 cm³/mol. The fourth-order valence-electron chi connectivity index (χ4n) is 2.63. The van der Waals surface area contributed by atoms with Crippen LogP contribution in [0, 0.1) is 5.92 Å². The van der Waals surface area contributed by atoms with Crippen molar-refractivity contribution in [3.05, 3.63) is 21.3 Å². The van der Waals surface area contributed by atoms with Gasteiger partial charge in [0, 0.05) is 17.0 Å². The van der Waals surface area contributed by atoms with Crippen LogP contribution in [0.2, 0.25) is 4.34 Å². The van der Waals surface area contributed by atoms with Crippen LogP contribution in [0.15, 0.2) is 12.1 Å². The monoisotopic (exact) mass is 257 g/mol. The van der Waals surface area contributed by atoms with E-state index in [4.69, 9.17) is 11.6 Å². The van der Waals surface area contributed by atoms with Crippen LogP contribution in [0.1, 0.15) is 50.4 Å². The van der Waals surface area contributed by atoms with E-state index in [9.17, 15) is 0 Å². The molecule has 1 aromatic heterocycles. The third kappa shape index (κ3) is 2.99. The van der Waals surface area contributed by atoms with E-state index in [2.05, 4.69) is 25.2 Å². The highest BCUT2D eigenvalue weighted by molar-refractivity contribution is 7.16. The summed E-state index contributed by atoms with van der Waals surface area (Å²) in [4.78, 5) is 1.34. The van der Waals surface area contributed by atoms with Gasteiger partial charge in [0.25, 0.3) is 0 Å². The zero-order valence-corrected chi connectivity index (χ0v) is 11.6. The van der Waals surface area contributed by atoms with Crippen molar-refractivity contribution in [1.82, 2.24) is 5.32 Å². The average Bonchev–Trinajstić information content (AvgIpc) is 2.87. The molecule has 2 rings (SSSR count). The molecule has 0 aromatic carbocycles. The first kappa shape index (κ1) is 12.4. The van der Waals surface area contributed by atoms with Crippen molar-refractivity contribution in [1.29, 1.82) is 0 Å². The van der Waals surface area contributed by atoms with Crippen molar-refractivity contribution in [2.45, 2.75) is 51.6 Å². The number of rotatable bonds is 4. The van der Waals surface area contributed by atoms with E-state index in [0.29, 0.717) is 12.1 Å². The van der Waals surface area contributed by atoms with Gasteiger partial charge in [0.05, 0.1) is 4.34 Å². The maximum atomic E-state index is 5.96. The third-order valence-electron chi connectivity index (χ3n) is 3.64. The van der Waals surface area contributed by atoms with E-state index in [-0.39, 0.29) is 0 Å². The Kier molecular flexibility index (Phi) is 4.28. The van der Waals surface area contributed by atoms with Gasteiger partial charge in [-0.05, 0) is 44.7 Å². The van der Waals surface area contributed by atoms with Crippen LogP contribution in [0.25, 0.3) is 0 Å². The maximum Gasteiger partial charge on any atom is 0.0931 e. The minimum absolute atomic E-state index is 0.424. The summed E-state index contributed by atoms with van der Waals surface area (Å²) >= 11 is 7.64. The molecule has 0 amide bonds. The Morgan fingerprint density at radius 1 is 1.31 bits per heavy atom. The van der Waals surface area contributed by atoms with Gasteiger partial charge in [0.2, 0.25) is 0 Å². The first-order valence-corrected chi connectivity index (χ1v) is 7.37. The van der Waals surface area contributed by atoms with E-state index in [0.717, 1.165) is 10.3 Å². The smallest absolute Gasteiger partial charge is 0.0931 e. The quantitative estimate of drug-likeness (QED) is 0.829.